The molecule has 0 spiro atoms. The predicted molar refractivity (Wildman–Crippen MR) is 62.2 cm³/mol. The zero-order chi connectivity index (χ0) is 11.3. The lowest BCUT2D eigenvalue weighted by molar-refractivity contribution is 0.600. The molecule has 0 N–H and O–H groups in total. The molecule has 0 saturated carbocycles. The summed E-state index contributed by atoms with van der Waals surface area (Å²) < 4.78 is 24.0. The third kappa shape index (κ3) is 1.19. The highest BCUT2D eigenvalue weighted by Crippen LogP contribution is 2.33. The van der Waals surface area contributed by atoms with Crippen molar-refractivity contribution in [2.75, 3.05) is 5.75 Å². The van der Waals surface area contributed by atoms with Gasteiger partial charge in [0.05, 0.1) is 16.2 Å². The largest absolute Gasteiger partial charge is 0.253 e. The third-order valence-corrected chi connectivity index (χ3v) is 4.91. The summed E-state index contributed by atoms with van der Waals surface area (Å²) in [5.74, 6) is 0.221. The Morgan fingerprint density at radius 3 is 2.81 bits per heavy atom. The lowest BCUT2D eigenvalue weighted by Gasteiger charge is -2.06. The molecule has 1 aliphatic rings. The van der Waals surface area contributed by atoms with Gasteiger partial charge in [-0.15, -0.1) is 0 Å². The second-order valence-corrected chi connectivity index (χ2v) is 6.14. The monoisotopic (exact) mass is 233 g/mol. The second kappa shape index (κ2) is 3.04. The third-order valence-electron chi connectivity index (χ3n) is 3.08. The van der Waals surface area contributed by atoms with E-state index in [1.807, 2.05) is 31.2 Å². The highest BCUT2D eigenvalue weighted by Gasteiger charge is 2.30. The summed E-state index contributed by atoms with van der Waals surface area (Å²) in [7, 11) is -3.09. The average molecular weight is 233 g/mol. The fraction of sp³-hybridized carbons (Fsp3) is 0.250. The minimum atomic E-state index is -3.09. The first kappa shape index (κ1) is 9.78. The van der Waals surface area contributed by atoms with Gasteiger partial charge in [0.1, 0.15) is 0 Å². The van der Waals surface area contributed by atoms with Crippen LogP contribution in [0.15, 0.2) is 29.2 Å². The standard InChI is InChI=1S/C12H11NO2S/c1-8-9-6-7-16(14,15)12(9)10-4-2-3-5-11(10)13-8/h2-5H,6-7H2,1H3. The maximum Gasteiger partial charge on any atom is 0.179 e. The van der Waals surface area contributed by atoms with Crippen molar-refractivity contribution in [3.8, 4) is 0 Å². The topological polar surface area (TPSA) is 47.0 Å². The molecule has 3 rings (SSSR count). The average Bonchev–Trinajstić information content (AvgIpc) is 2.56. The lowest BCUT2D eigenvalue weighted by atomic mass is 10.1. The fourth-order valence-corrected chi connectivity index (χ4v) is 4.14. The van der Waals surface area contributed by atoms with E-state index in [0.717, 1.165) is 22.2 Å². The van der Waals surface area contributed by atoms with Crippen molar-refractivity contribution >= 4 is 20.7 Å². The van der Waals surface area contributed by atoms with Crippen molar-refractivity contribution in [1.82, 2.24) is 4.98 Å². The van der Waals surface area contributed by atoms with Gasteiger partial charge in [-0.05, 0) is 25.0 Å². The van der Waals surface area contributed by atoms with Crippen molar-refractivity contribution in [2.24, 2.45) is 0 Å². The molecule has 4 heteroatoms. The SMILES string of the molecule is Cc1nc2ccccc2c2c1CCS2(=O)=O. The quantitative estimate of drug-likeness (QED) is 0.698. The maximum atomic E-state index is 12.0. The van der Waals surface area contributed by atoms with E-state index < -0.39 is 9.84 Å². The van der Waals surface area contributed by atoms with Crippen LogP contribution in [0.3, 0.4) is 0 Å². The molecule has 1 aromatic heterocycles. The van der Waals surface area contributed by atoms with Crippen LogP contribution in [0.2, 0.25) is 0 Å². The van der Waals surface area contributed by atoms with Crippen molar-refractivity contribution in [3.05, 3.63) is 35.5 Å². The zero-order valence-corrected chi connectivity index (χ0v) is 9.71. The Balaban J connectivity index is 2.57. The summed E-state index contributed by atoms with van der Waals surface area (Å²) in [6.07, 6.45) is 0.599. The van der Waals surface area contributed by atoms with Gasteiger partial charge in [-0.1, -0.05) is 18.2 Å². The van der Waals surface area contributed by atoms with Gasteiger partial charge in [-0.2, -0.15) is 0 Å². The first-order valence-corrected chi connectivity index (χ1v) is 6.86. The Morgan fingerprint density at radius 2 is 2.00 bits per heavy atom. The summed E-state index contributed by atoms with van der Waals surface area (Å²) in [5, 5.41) is 0.764. The van der Waals surface area contributed by atoms with E-state index in [-0.39, 0.29) is 5.75 Å². The van der Waals surface area contributed by atoms with Crippen LogP contribution in [0.4, 0.5) is 0 Å². The molecule has 0 unspecified atom stereocenters. The number of rotatable bonds is 0. The molecule has 0 aliphatic carbocycles. The molecule has 0 bridgehead atoms. The van der Waals surface area contributed by atoms with Gasteiger partial charge in [-0.25, -0.2) is 8.42 Å². The molecule has 3 nitrogen and oxygen atoms in total. The minimum Gasteiger partial charge on any atom is -0.253 e. The number of para-hydroxylation sites is 1. The molecule has 2 aromatic rings. The lowest BCUT2D eigenvalue weighted by Crippen LogP contribution is -2.00. The molecule has 0 fully saturated rings. The van der Waals surface area contributed by atoms with E-state index >= 15 is 0 Å². The van der Waals surface area contributed by atoms with Crippen molar-refractivity contribution in [1.29, 1.82) is 0 Å². The number of nitrogens with zero attached hydrogens (tertiary/aromatic N) is 1. The van der Waals surface area contributed by atoms with Crippen LogP contribution in [-0.4, -0.2) is 19.2 Å². The van der Waals surface area contributed by atoms with Crippen LogP contribution >= 0.6 is 0 Å². The molecule has 0 saturated heterocycles. The molecule has 0 radical (unpaired) electrons. The van der Waals surface area contributed by atoms with Gasteiger partial charge in [0.25, 0.3) is 0 Å². The smallest absolute Gasteiger partial charge is 0.179 e. The first-order valence-electron chi connectivity index (χ1n) is 5.20. The van der Waals surface area contributed by atoms with Crippen LogP contribution in [0.1, 0.15) is 11.3 Å². The number of hydrogen-bond acceptors (Lipinski definition) is 3. The van der Waals surface area contributed by atoms with E-state index in [0.29, 0.717) is 11.3 Å². The molecule has 0 amide bonds. The molecule has 1 aromatic carbocycles. The Bertz CT molecular complexity index is 689. The van der Waals surface area contributed by atoms with Gasteiger partial charge in [-0.3, -0.25) is 4.98 Å². The summed E-state index contributed by atoms with van der Waals surface area (Å²) >= 11 is 0. The number of sulfone groups is 1. The molecule has 0 atom stereocenters. The van der Waals surface area contributed by atoms with Crippen LogP contribution in [0, 0.1) is 6.92 Å². The number of fused-ring (bicyclic) bond motifs is 3. The minimum absolute atomic E-state index is 0.221. The van der Waals surface area contributed by atoms with Gasteiger partial charge in [0.15, 0.2) is 9.84 Å². The fourth-order valence-electron chi connectivity index (χ4n) is 2.33. The summed E-state index contributed by atoms with van der Waals surface area (Å²) in [6.45, 7) is 1.88. The molecule has 1 aliphatic heterocycles. The Hall–Kier alpha value is -1.42. The van der Waals surface area contributed by atoms with Crippen molar-refractivity contribution in [2.45, 2.75) is 18.2 Å². The van der Waals surface area contributed by atoms with Gasteiger partial charge < -0.3 is 0 Å². The van der Waals surface area contributed by atoms with E-state index in [9.17, 15) is 8.42 Å². The Kier molecular flexibility index (Phi) is 1.86. The van der Waals surface area contributed by atoms with Gasteiger partial charge in [0, 0.05) is 11.1 Å². The summed E-state index contributed by atoms with van der Waals surface area (Å²) in [4.78, 5) is 4.96. The Morgan fingerprint density at radius 1 is 1.25 bits per heavy atom. The number of benzene rings is 1. The van der Waals surface area contributed by atoms with Crippen LogP contribution in [0.5, 0.6) is 0 Å². The number of hydrogen-bond donors (Lipinski definition) is 0. The summed E-state index contributed by atoms with van der Waals surface area (Å²) in [5.41, 5.74) is 2.51. The zero-order valence-electron chi connectivity index (χ0n) is 8.90. The number of aromatic nitrogens is 1. The van der Waals surface area contributed by atoms with Crippen LogP contribution in [-0.2, 0) is 16.3 Å². The van der Waals surface area contributed by atoms with Crippen molar-refractivity contribution in [3.63, 3.8) is 0 Å². The van der Waals surface area contributed by atoms with E-state index in [1.165, 1.54) is 0 Å². The molecule has 2 heterocycles. The summed E-state index contributed by atoms with van der Waals surface area (Å²) in [6, 6.07) is 7.43. The van der Waals surface area contributed by atoms with Crippen LogP contribution in [0.25, 0.3) is 10.9 Å². The first-order chi connectivity index (χ1) is 7.59. The van der Waals surface area contributed by atoms with Gasteiger partial charge in [0.2, 0.25) is 0 Å². The predicted octanol–water partition coefficient (Wildman–Crippen LogP) is 1.87. The molecule has 16 heavy (non-hydrogen) atoms. The van der Waals surface area contributed by atoms with E-state index in [1.54, 1.807) is 0 Å². The molecule has 82 valence electrons. The molecular weight excluding hydrogens is 222 g/mol. The Labute approximate surface area is 94.0 Å². The second-order valence-electron chi connectivity index (χ2n) is 4.09. The van der Waals surface area contributed by atoms with E-state index in [2.05, 4.69) is 4.98 Å². The number of pyridine rings is 1. The maximum absolute atomic E-state index is 12.0. The van der Waals surface area contributed by atoms with Crippen LogP contribution < -0.4 is 0 Å². The highest BCUT2D eigenvalue weighted by atomic mass is 32.2. The number of aryl methyl sites for hydroxylation is 1. The van der Waals surface area contributed by atoms with Gasteiger partial charge >= 0.3 is 0 Å². The highest BCUT2D eigenvalue weighted by molar-refractivity contribution is 7.92. The van der Waals surface area contributed by atoms with E-state index in [4.69, 9.17) is 0 Å². The van der Waals surface area contributed by atoms with Crippen molar-refractivity contribution < 1.29 is 8.42 Å². The molecular formula is C12H11NO2S. The normalized spacial score (nSPS) is 17.6.